The molecule has 190 valence electrons. The van der Waals surface area contributed by atoms with E-state index in [2.05, 4.69) is 4.98 Å². The van der Waals surface area contributed by atoms with Crippen LogP contribution in [0.3, 0.4) is 0 Å². The van der Waals surface area contributed by atoms with E-state index in [0.29, 0.717) is 47.1 Å². The summed E-state index contributed by atoms with van der Waals surface area (Å²) in [4.78, 5) is 34.8. The zero-order valence-corrected chi connectivity index (χ0v) is 21.5. The quantitative estimate of drug-likeness (QED) is 0.293. The van der Waals surface area contributed by atoms with Crippen molar-refractivity contribution in [3.05, 3.63) is 64.6 Å². The Morgan fingerprint density at radius 3 is 2.50 bits per heavy atom. The number of fused-ring (bicyclic) bond motifs is 1. The van der Waals surface area contributed by atoms with Gasteiger partial charge in [0.05, 0.1) is 31.5 Å². The SMILES string of the molecule is COc1ccc([C@@H]2C(=C(O)c3c(C)nc4c(C)cccn34)C(=O)C(=O)N2CCCN(C)C)cc1OC. The fourth-order valence-electron chi connectivity index (χ4n) is 4.77. The molecule has 1 aromatic carbocycles. The van der Waals surface area contributed by atoms with Gasteiger partial charge in [-0.1, -0.05) is 12.1 Å². The minimum atomic E-state index is -0.790. The molecule has 1 aliphatic rings. The van der Waals surface area contributed by atoms with Gasteiger partial charge in [-0.15, -0.1) is 0 Å². The number of aliphatic hydroxyl groups excluding tert-OH is 1. The average molecular weight is 493 g/mol. The van der Waals surface area contributed by atoms with E-state index in [9.17, 15) is 14.7 Å². The number of likely N-dealkylation sites (tertiary alicyclic amines) is 1. The van der Waals surface area contributed by atoms with Crippen LogP contribution in [-0.2, 0) is 9.59 Å². The van der Waals surface area contributed by atoms with E-state index in [1.54, 1.807) is 42.8 Å². The minimum Gasteiger partial charge on any atom is -0.505 e. The second-order valence-corrected chi connectivity index (χ2v) is 9.19. The number of benzene rings is 1. The molecular formula is C27H32N4O5. The molecule has 1 atom stereocenters. The maximum Gasteiger partial charge on any atom is 0.295 e. The van der Waals surface area contributed by atoms with Crippen LogP contribution >= 0.6 is 0 Å². The lowest BCUT2D eigenvalue weighted by Crippen LogP contribution is -2.32. The van der Waals surface area contributed by atoms with Gasteiger partial charge in [0, 0.05) is 12.7 Å². The molecule has 0 saturated carbocycles. The first-order valence-corrected chi connectivity index (χ1v) is 11.8. The number of ketones is 1. The lowest BCUT2D eigenvalue weighted by Gasteiger charge is -2.26. The predicted octanol–water partition coefficient (Wildman–Crippen LogP) is 3.34. The van der Waals surface area contributed by atoms with Gasteiger partial charge in [0.15, 0.2) is 17.3 Å². The van der Waals surface area contributed by atoms with E-state index in [1.165, 1.54) is 12.0 Å². The Kier molecular flexibility index (Phi) is 7.03. The van der Waals surface area contributed by atoms with Crippen LogP contribution in [0.4, 0.5) is 0 Å². The number of carbonyl (C=O) groups excluding carboxylic acids is 2. The molecule has 3 aromatic rings. The Morgan fingerprint density at radius 2 is 1.83 bits per heavy atom. The number of nitrogens with zero attached hydrogens (tertiary/aromatic N) is 4. The second-order valence-electron chi connectivity index (χ2n) is 9.19. The summed E-state index contributed by atoms with van der Waals surface area (Å²) in [6.45, 7) is 4.80. The standard InChI is InChI=1S/C27H32N4O5/c1-16-9-7-13-30-22(17(2)28-26(16)30)24(32)21-23(18-10-11-19(35-5)20(15-18)36-6)31(27(34)25(21)33)14-8-12-29(3)4/h7,9-11,13,15,23,32H,8,12,14H2,1-6H3/t23-/m1/s1. The second kappa shape index (κ2) is 10.0. The first-order chi connectivity index (χ1) is 17.2. The third-order valence-corrected chi connectivity index (χ3v) is 6.51. The number of pyridine rings is 1. The summed E-state index contributed by atoms with van der Waals surface area (Å²) in [5, 5.41) is 11.6. The molecule has 1 N–H and O–H groups in total. The normalized spacial score (nSPS) is 17.4. The number of amides is 1. The summed E-state index contributed by atoms with van der Waals surface area (Å²) in [6, 6.07) is 8.26. The summed E-state index contributed by atoms with van der Waals surface area (Å²) in [7, 11) is 6.98. The first-order valence-electron chi connectivity index (χ1n) is 11.8. The largest absolute Gasteiger partial charge is 0.505 e. The zero-order chi connectivity index (χ0) is 26.1. The molecule has 2 aromatic heterocycles. The van der Waals surface area contributed by atoms with Gasteiger partial charge in [-0.25, -0.2) is 4.98 Å². The van der Waals surface area contributed by atoms with Crippen molar-refractivity contribution in [3.63, 3.8) is 0 Å². The van der Waals surface area contributed by atoms with Crippen LogP contribution in [0.15, 0.2) is 42.1 Å². The summed E-state index contributed by atoms with van der Waals surface area (Å²) in [5.74, 6) is -0.620. The monoisotopic (exact) mass is 492 g/mol. The number of hydrogen-bond donors (Lipinski definition) is 1. The molecular weight excluding hydrogens is 460 g/mol. The number of Topliss-reactive ketones (excluding diaryl/α,β-unsaturated/α-hetero) is 1. The molecule has 1 saturated heterocycles. The van der Waals surface area contributed by atoms with Crippen molar-refractivity contribution in [2.24, 2.45) is 0 Å². The molecule has 4 rings (SSSR count). The van der Waals surface area contributed by atoms with Crippen molar-refractivity contribution >= 4 is 23.1 Å². The number of ether oxygens (including phenoxy) is 2. The van der Waals surface area contributed by atoms with Gasteiger partial charge in [0.2, 0.25) is 0 Å². The van der Waals surface area contributed by atoms with E-state index in [-0.39, 0.29) is 11.3 Å². The van der Waals surface area contributed by atoms with Crippen molar-refractivity contribution in [3.8, 4) is 11.5 Å². The fourth-order valence-corrected chi connectivity index (χ4v) is 4.77. The van der Waals surface area contributed by atoms with Gasteiger partial charge in [-0.2, -0.15) is 0 Å². The van der Waals surface area contributed by atoms with E-state index < -0.39 is 17.7 Å². The Labute approximate surface area is 210 Å². The summed E-state index contributed by atoms with van der Waals surface area (Å²) in [5.41, 5.74) is 3.24. The van der Waals surface area contributed by atoms with Gasteiger partial charge in [-0.3, -0.25) is 14.0 Å². The van der Waals surface area contributed by atoms with Crippen molar-refractivity contribution in [1.82, 2.24) is 19.2 Å². The van der Waals surface area contributed by atoms with E-state index >= 15 is 0 Å². The van der Waals surface area contributed by atoms with Crippen LogP contribution in [-0.4, -0.2) is 77.4 Å². The Morgan fingerprint density at radius 1 is 1.11 bits per heavy atom. The molecule has 9 nitrogen and oxygen atoms in total. The Balaban J connectivity index is 1.92. The van der Waals surface area contributed by atoms with Crippen LogP contribution in [0.25, 0.3) is 11.4 Å². The molecule has 1 fully saturated rings. The van der Waals surface area contributed by atoms with Gasteiger partial charge in [-0.05, 0) is 70.2 Å². The van der Waals surface area contributed by atoms with Crippen molar-refractivity contribution in [1.29, 1.82) is 0 Å². The summed E-state index contributed by atoms with van der Waals surface area (Å²) in [6.07, 6.45) is 2.45. The van der Waals surface area contributed by atoms with Crippen molar-refractivity contribution in [2.45, 2.75) is 26.3 Å². The smallest absolute Gasteiger partial charge is 0.295 e. The highest BCUT2D eigenvalue weighted by Crippen LogP contribution is 2.42. The average Bonchev–Trinajstić information content (AvgIpc) is 3.32. The van der Waals surface area contributed by atoms with E-state index in [1.807, 2.05) is 38.1 Å². The molecule has 36 heavy (non-hydrogen) atoms. The highest BCUT2D eigenvalue weighted by Gasteiger charge is 2.46. The third kappa shape index (κ3) is 4.30. The molecule has 1 amide bonds. The molecule has 0 bridgehead atoms. The molecule has 9 heteroatoms. The Bertz CT molecular complexity index is 1360. The molecule has 3 heterocycles. The van der Waals surface area contributed by atoms with Crippen molar-refractivity contribution < 1.29 is 24.2 Å². The molecule has 0 radical (unpaired) electrons. The van der Waals surface area contributed by atoms with Gasteiger partial charge < -0.3 is 24.4 Å². The Hall–Kier alpha value is -3.85. The number of hydrogen-bond acceptors (Lipinski definition) is 7. The number of imidazole rings is 1. The first kappa shape index (κ1) is 25.2. The number of methoxy groups -OCH3 is 2. The van der Waals surface area contributed by atoms with Crippen LogP contribution in [0.2, 0.25) is 0 Å². The predicted molar refractivity (Wildman–Crippen MR) is 136 cm³/mol. The highest BCUT2D eigenvalue weighted by atomic mass is 16.5. The lowest BCUT2D eigenvalue weighted by atomic mass is 9.95. The number of carbonyl (C=O) groups is 2. The van der Waals surface area contributed by atoms with Crippen LogP contribution in [0.5, 0.6) is 11.5 Å². The molecule has 0 aliphatic carbocycles. The zero-order valence-electron chi connectivity index (χ0n) is 21.5. The van der Waals surface area contributed by atoms with Gasteiger partial charge >= 0.3 is 0 Å². The number of aromatic nitrogens is 2. The van der Waals surface area contributed by atoms with E-state index in [4.69, 9.17) is 9.47 Å². The summed E-state index contributed by atoms with van der Waals surface area (Å²) < 4.78 is 12.6. The maximum absolute atomic E-state index is 13.4. The van der Waals surface area contributed by atoms with E-state index in [0.717, 1.165) is 12.1 Å². The molecule has 1 aliphatic heterocycles. The fraction of sp³-hybridized carbons (Fsp3) is 0.370. The van der Waals surface area contributed by atoms with Crippen LogP contribution in [0.1, 0.15) is 35.0 Å². The van der Waals surface area contributed by atoms with Gasteiger partial charge in [0.1, 0.15) is 11.3 Å². The molecule has 0 spiro atoms. The number of aliphatic hydroxyl groups is 1. The summed E-state index contributed by atoms with van der Waals surface area (Å²) >= 11 is 0. The minimum absolute atomic E-state index is 0.0310. The third-order valence-electron chi connectivity index (χ3n) is 6.51. The van der Waals surface area contributed by atoms with Crippen LogP contribution in [0, 0.1) is 13.8 Å². The van der Waals surface area contributed by atoms with Crippen LogP contribution < -0.4 is 9.47 Å². The number of aryl methyl sites for hydroxylation is 2. The highest BCUT2D eigenvalue weighted by molar-refractivity contribution is 6.46. The van der Waals surface area contributed by atoms with Gasteiger partial charge in [0.25, 0.3) is 11.7 Å². The maximum atomic E-state index is 13.4. The number of rotatable bonds is 8. The van der Waals surface area contributed by atoms with Crippen molar-refractivity contribution in [2.75, 3.05) is 41.4 Å². The lowest BCUT2D eigenvalue weighted by molar-refractivity contribution is -0.139. The topological polar surface area (TPSA) is 96.6 Å². The molecule has 0 unspecified atom stereocenters.